The largest absolute Gasteiger partial charge is 0.465 e. The minimum atomic E-state index is -0.566. The first kappa shape index (κ1) is 5.32. The van der Waals surface area contributed by atoms with Crippen LogP contribution in [0.1, 0.15) is 12.4 Å². The molecule has 0 fully saturated rings. The highest BCUT2D eigenvalue weighted by atomic mass is 79.9. The summed E-state index contributed by atoms with van der Waals surface area (Å²) in [6.45, 7) is 0. The van der Waals surface area contributed by atoms with Crippen molar-refractivity contribution in [3.05, 3.63) is 20.7 Å². The predicted octanol–water partition coefficient (Wildman–Crippen LogP) is 2.30. The van der Waals surface area contributed by atoms with Gasteiger partial charge in [0.15, 0.2) is 0 Å². The van der Waals surface area contributed by atoms with Crippen molar-refractivity contribution in [2.45, 2.75) is 0 Å². The van der Waals surface area contributed by atoms with Crippen LogP contribution in [0.4, 0.5) is 0 Å². The number of methoxy groups -OCH3 is 1. The van der Waals surface area contributed by atoms with Crippen LogP contribution in [-0.2, 0) is 4.74 Å². The molecule has 0 atom stereocenters. The van der Waals surface area contributed by atoms with Crippen LogP contribution >= 0.6 is 27.3 Å². The lowest BCUT2D eigenvalue weighted by molar-refractivity contribution is 0.0606. The SMILES string of the molecule is [2H]c1c(Br)sc(C(=O)OC)c1[2H]. The highest BCUT2D eigenvalue weighted by Crippen LogP contribution is 2.22. The highest BCUT2D eigenvalue weighted by Gasteiger charge is 2.06. The smallest absolute Gasteiger partial charge is 0.348 e. The fraction of sp³-hybridized carbons (Fsp3) is 0.167. The molecule has 54 valence electrons. The molecule has 4 heteroatoms. The zero-order valence-corrected chi connectivity index (χ0v) is 7.51. The summed E-state index contributed by atoms with van der Waals surface area (Å²) in [5.74, 6) is -0.566. The summed E-state index contributed by atoms with van der Waals surface area (Å²) in [5, 5.41) is 0. The summed E-state index contributed by atoms with van der Waals surface area (Å²) in [5.41, 5.74) is 0. The summed E-state index contributed by atoms with van der Waals surface area (Å²) < 4.78 is 19.6. The Hall–Kier alpha value is -0.350. The van der Waals surface area contributed by atoms with Crippen LogP contribution in [0.3, 0.4) is 0 Å². The van der Waals surface area contributed by atoms with Crippen molar-refractivity contribution in [3.8, 4) is 0 Å². The monoisotopic (exact) mass is 222 g/mol. The van der Waals surface area contributed by atoms with Crippen molar-refractivity contribution < 1.29 is 12.3 Å². The van der Waals surface area contributed by atoms with Crippen LogP contribution < -0.4 is 0 Å². The Balaban J connectivity index is 3.17. The van der Waals surface area contributed by atoms with Gasteiger partial charge in [0.25, 0.3) is 0 Å². The number of hydrogen-bond acceptors (Lipinski definition) is 3. The Morgan fingerprint density at radius 1 is 1.90 bits per heavy atom. The third kappa shape index (κ3) is 1.58. The number of esters is 1. The fourth-order valence-corrected chi connectivity index (χ4v) is 1.57. The molecule has 10 heavy (non-hydrogen) atoms. The minimum absolute atomic E-state index is 0.0281. The number of halogens is 1. The number of hydrogen-bond donors (Lipinski definition) is 0. The van der Waals surface area contributed by atoms with Gasteiger partial charge in [0.2, 0.25) is 0 Å². The lowest BCUT2D eigenvalue weighted by Crippen LogP contribution is -1.96. The van der Waals surface area contributed by atoms with Crippen LogP contribution in [0.2, 0.25) is 0 Å². The van der Waals surface area contributed by atoms with Gasteiger partial charge >= 0.3 is 5.97 Å². The van der Waals surface area contributed by atoms with E-state index in [1.165, 1.54) is 7.11 Å². The molecule has 0 bridgehead atoms. The van der Waals surface area contributed by atoms with Gasteiger partial charge in [-0.3, -0.25) is 0 Å². The van der Waals surface area contributed by atoms with Gasteiger partial charge in [-0.05, 0) is 28.0 Å². The molecule has 2 nitrogen and oxygen atoms in total. The van der Waals surface area contributed by atoms with Gasteiger partial charge in [-0.1, -0.05) is 0 Å². The van der Waals surface area contributed by atoms with E-state index >= 15 is 0 Å². The van der Waals surface area contributed by atoms with Crippen LogP contribution in [0, 0.1) is 0 Å². The second kappa shape index (κ2) is 3.16. The normalized spacial score (nSPS) is 12.2. The van der Waals surface area contributed by atoms with Gasteiger partial charge in [0.05, 0.1) is 13.6 Å². The van der Waals surface area contributed by atoms with Crippen LogP contribution in [0.25, 0.3) is 0 Å². The summed E-state index contributed by atoms with van der Waals surface area (Å²) >= 11 is 4.11. The Morgan fingerprint density at radius 3 is 3.00 bits per heavy atom. The molecule has 0 spiro atoms. The van der Waals surface area contributed by atoms with Crippen LogP contribution in [-0.4, -0.2) is 13.1 Å². The van der Waals surface area contributed by atoms with E-state index in [9.17, 15) is 4.79 Å². The Labute approximate surface area is 73.8 Å². The summed E-state index contributed by atoms with van der Waals surface area (Å²) in [7, 11) is 1.25. The molecule has 0 aliphatic carbocycles. The molecule has 0 saturated heterocycles. The van der Waals surface area contributed by atoms with Crippen LogP contribution in [0.5, 0.6) is 0 Å². The molecule has 1 aromatic heterocycles. The molecule has 1 heterocycles. The summed E-state index contributed by atoms with van der Waals surface area (Å²) in [6.07, 6.45) is 0. The number of carbonyl (C=O) groups excluding carboxylic acids is 1. The first-order valence-corrected chi connectivity index (χ1v) is 4.02. The van der Waals surface area contributed by atoms with E-state index in [0.717, 1.165) is 11.3 Å². The van der Waals surface area contributed by atoms with E-state index in [0.29, 0.717) is 3.79 Å². The van der Waals surface area contributed by atoms with Gasteiger partial charge in [0, 0.05) is 0 Å². The van der Waals surface area contributed by atoms with Crippen molar-refractivity contribution in [1.82, 2.24) is 0 Å². The highest BCUT2D eigenvalue weighted by molar-refractivity contribution is 9.11. The second-order valence-corrected chi connectivity index (χ2v) is 3.78. The van der Waals surface area contributed by atoms with Crippen molar-refractivity contribution >= 4 is 33.2 Å². The first-order chi connectivity index (χ1) is 5.57. The van der Waals surface area contributed by atoms with E-state index in [2.05, 4.69) is 20.7 Å². The maximum Gasteiger partial charge on any atom is 0.348 e. The third-order valence-electron chi connectivity index (χ3n) is 0.837. The number of thiophene rings is 1. The predicted molar refractivity (Wildman–Crippen MR) is 43.4 cm³/mol. The van der Waals surface area contributed by atoms with E-state index in [1.54, 1.807) is 0 Å². The zero-order valence-electron chi connectivity index (χ0n) is 7.10. The number of rotatable bonds is 1. The molecule has 0 unspecified atom stereocenters. The molecule has 0 saturated carbocycles. The summed E-state index contributed by atoms with van der Waals surface area (Å²) in [4.78, 5) is 11.1. The molecule has 0 amide bonds. The van der Waals surface area contributed by atoms with Gasteiger partial charge in [0.1, 0.15) is 4.88 Å². The standard InChI is InChI=1S/C6H5BrO2S/c1-9-6(8)4-2-3-5(7)10-4/h2-3H,1H3/i2D,3D. The van der Waals surface area contributed by atoms with Gasteiger partial charge in [-0.15, -0.1) is 11.3 Å². The fourth-order valence-electron chi connectivity index (χ4n) is 0.432. The number of carbonyl (C=O) groups is 1. The molecule has 0 aliphatic heterocycles. The second-order valence-electron chi connectivity index (χ2n) is 1.45. The van der Waals surface area contributed by atoms with Gasteiger partial charge in [-0.2, -0.15) is 0 Å². The van der Waals surface area contributed by atoms with Crippen molar-refractivity contribution in [1.29, 1.82) is 0 Å². The Kier molecular flexibility index (Phi) is 1.68. The summed E-state index contributed by atoms with van der Waals surface area (Å²) in [6, 6.07) is -0.0564. The maximum atomic E-state index is 11.0. The first-order valence-electron chi connectivity index (χ1n) is 3.41. The lowest BCUT2D eigenvalue weighted by Gasteiger charge is -1.90. The Morgan fingerprint density at radius 2 is 2.60 bits per heavy atom. The number of ether oxygens (including phenoxy) is 1. The molecule has 1 rings (SSSR count). The minimum Gasteiger partial charge on any atom is -0.465 e. The van der Waals surface area contributed by atoms with E-state index in [-0.39, 0.29) is 17.0 Å². The van der Waals surface area contributed by atoms with E-state index in [1.807, 2.05) is 0 Å². The molecular weight excluding hydrogens is 216 g/mol. The molecule has 0 aromatic carbocycles. The van der Waals surface area contributed by atoms with Gasteiger partial charge in [-0.25, -0.2) is 4.79 Å². The van der Waals surface area contributed by atoms with Crippen molar-refractivity contribution in [2.24, 2.45) is 0 Å². The lowest BCUT2D eigenvalue weighted by atomic mass is 10.5. The van der Waals surface area contributed by atoms with Crippen LogP contribution in [0.15, 0.2) is 15.9 Å². The average Bonchev–Trinajstić information content (AvgIpc) is 2.32. The molecule has 0 aliphatic rings. The molecule has 1 aromatic rings. The third-order valence-corrected chi connectivity index (χ3v) is 2.27. The van der Waals surface area contributed by atoms with E-state index in [4.69, 9.17) is 2.74 Å². The maximum absolute atomic E-state index is 11.0. The van der Waals surface area contributed by atoms with E-state index < -0.39 is 5.97 Å². The average molecular weight is 223 g/mol. The molecule has 0 radical (unpaired) electrons. The Bertz CT molecular complexity index is 324. The van der Waals surface area contributed by atoms with Crippen molar-refractivity contribution in [2.75, 3.05) is 7.11 Å². The molecular formula is C6H5BrO2S. The topological polar surface area (TPSA) is 26.3 Å². The molecule has 0 N–H and O–H groups in total. The van der Waals surface area contributed by atoms with Crippen molar-refractivity contribution in [3.63, 3.8) is 0 Å². The van der Waals surface area contributed by atoms with Gasteiger partial charge < -0.3 is 4.74 Å². The zero-order chi connectivity index (χ0) is 9.30. The quantitative estimate of drug-likeness (QED) is 0.683.